The first-order chi connectivity index (χ1) is 7.29. The van der Waals surface area contributed by atoms with Gasteiger partial charge in [0.1, 0.15) is 11.1 Å². The van der Waals surface area contributed by atoms with Crippen molar-refractivity contribution in [2.45, 2.75) is 70.4 Å². The van der Waals surface area contributed by atoms with E-state index in [9.17, 15) is 4.79 Å². The van der Waals surface area contributed by atoms with E-state index in [4.69, 9.17) is 10.5 Å². The fourth-order valence-corrected chi connectivity index (χ4v) is 3.00. The number of esters is 1. The molecule has 16 heavy (non-hydrogen) atoms. The Balaban J connectivity index is 2.03. The summed E-state index contributed by atoms with van der Waals surface area (Å²) in [5.41, 5.74) is 5.20. The average Bonchev–Trinajstić information content (AvgIpc) is 2.71. The molecular weight excluding hydrogens is 202 g/mol. The Bertz CT molecular complexity index is 300. The molecule has 3 heteroatoms. The van der Waals surface area contributed by atoms with Gasteiger partial charge in [-0.25, -0.2) is 0 Å². The Kier molecular flexibility index (Phi) is 2.57. The van der Waals surface area contributed by atoms with E-state index in [0.29, 0.717) is 0 Å². The normalized spacial score (nSPS) is 32.5. The molecule has 2 N–H and O–H groups in total. The van der Waals surface area contributed by atoms with E-state index in [1.54, 1.807) is 0 Å². The molecule has 0 bridgehead atoms. The molecule has 0 aromatic heterocycles. The molecule has 0 amide bonds. The maximum atomic E-state index is 12.1. The van der Waals surface area contributed by atoms with E-state index in [0.717, 1.165) is 19.3 Å². The van der Waals surface area contributed by atoms with E-state index in [1.807, 2.05) is 20.8 Å². The first-order valence-corrected chi connectivity index (χ1v) is 6.32. The first kappa shape index (κ1) is 11.9. The fraction of sp³-hybridized carbons (Fsp3) is 0.923. The number of ether oxygens (including phenoxy) is 1. The fourth-order valence-electron chi connectivity index (χ4n) is 3.00. The molecule has 0 aromatic carbocycles. The summed E-state index contributed by atoms with van der Waals surface area (Å²) < 4.78 is 5.43. The first-order valence-electron chi connectivity index (χ1n) is 6.32. The summed E-state index contributed by atoms with van der Waals surface area (Å²) in [4.78, 5) is 12.1. The maximum absolute atomic E-state index is 12.1. The van der Waals surface area contributed by atoms with Crippen LogP contribution in [0.4, 0.5) is 0 Å². The van der Waals surface area contributed by atoms with Crippen molar-refractivity contribution in [2.24, 2.45) is 11.1 Å². The van der Waals surface area contributed by atoms with Gasteiger partial charge in [-0.1, -0.05) is 19.3 Å². The number of rotatable bonds is 1. The van der Waals surface area contributed by atoms with Crippen molar-refractivity contribution in [2.75, 3.05) is 0 Å². The molecule has 2 aliphatic rings. The Morgan fingerprint density at radius 2 is 1.75 bits per heavy atom. The van der Waals surface area contributed by atoms with Crippen LogP contribution < -0.4 is 5.73 Å². The molecule has 3 nitrogen and oxygen atoms in total. The van der Waals surface area contributed by atoms with Crippen LogP contribution in [-0.2, 0) is 9.53 Å². The second-order valence-corrected chi connectivity index (χ2v) is 6.49. The van der Waals surface area contributed by atoms with E-state index in [-0.39, 0.29) is 11.4 Å². The quantitative estimate of drug-likeness (QED) is 0.697. The third-order valence-electron chi connectivity index (χ3n) is 4.01. The van der Waals surface area contributed by atoms with E-state index in [2.05, 4.69) is 0 Å². The van der Waals surface area contributed by atoms with E-state index in [1.165, 1.54) is 19.3 Å². The lowest BCUT2D eigenvalue weighted by atomic mass is 9.82. The zero-order valence-corrected chi connectivity index (χ0v) is 10.6. The van der Waals surface area contributed by atoms with Gasteiger partial charge in [-0.3, -0.25) is 4.79 Å². The summed E-state index contributed by atoms with van der Waals surface area (Å²) in [6.45, 7) is 5.68. The highest BCUT2D eigenvalue weighted by Gasteiger charge is 2.70. The summed E-state index contributed by atoms with van der Waals surface area (Å²) in [6, 6.07) is 0. The zero-order valence-electron chi connectivity index (χ0n) is 10.6. The monoisotopic (exact) mass is 225 g/mol. The molecule has 2 saturated carbocycles. The minimum atomic E-state index is -0.680. The SMILES string of the molecule is CC(C)(C)OC(=O)C1(N)CC12CCCCC2. The molecule has 2 aliphatic carbocycles. The number of nitrogens with two attached hydrogens (primary N) is 1. The molecule has 2 fully saturated rings. The highest BCUT2D eigenvalue weighted by atomic mass is 16.6. The van der Waals surface area contributed by atoms with Crippen LogP contribution in [0.1, 0.15) is 59.3 Å². The summed E-state index contributed by atoms with van der Waals surface area (Å²) >= 11 is 0. The van der Waals surface area contributed by atoms with Crippen LogP contribution in [0.2, 0.25) is 0 Å². The standard InChI is InChI=1S/C13H23NO2/c1-11(2,3)16-10(15)13(14)9-12(13)7-5-4-6-8-12/h4-9,14H2,1-3H3. The second kappa shape index (κ2) is 3.46. The van der Waals surface area contributed by atoms with Gasteiger partial charge in [-0.05, 0) is 40.0 Å². The lowest BCUT2D eigenvalue weighted by molar-refractivity contribution is -0.159. The Morgan fingerprint density at radius 3 is 2.25 bits per heavy atom. The van der Waals surface area contributed by atoms with Crippen molar-refractivity contribution in [3.05, 3.63) is 0 Å². The van der Waals surface area contributed by atoms with Crippen molar-refractivity contribution in [1.29, 1.82) is 0 Å². The molecule has 92 valence electrons. The van der Waals surface area contributed by atoms with Crippen molar-refractivity contribution in [3.63, 3.8) is 0 Å². The maximum Gasteiger partial charge on any atom is 0.327 e. The van der Waals surface area contributed by atoms with E-state index >= 15 is 0 Å². The highest BCUT2D eigenvalue weighted by Crippen LogP contribution is 2.63. The van der Waals surface area contributed by atoms with Gasteiger partial charge in [0, 0.05) is 5.41 Å². The van der Waals surface area contributed by atoms with Gasteiger partial charge in [0.15, 0.2) is 0 Å². The van der Waals surface area contributed by atoms with Gasteiger partial charge >= 0.3 is 5.97 Å². The predicted molar refractivity (Wildman–Crippen MR) is 62.9 cm³/mol. The molecule has 1 atom stereocenters. The third kappa shape index (κ3) is 1.86. The minimum absolute atomic E-state index is 0.0770. The van der Waals surface area contributed by atoms with E-state index < -0.39 is 11.1 Å². The number of hydrogen-bond acceptors (Lipinski definition) is 3. The molecule has 0 aliphatic heterocycles. The molecular formula is C13H23NO2. The predicted octanol–water partition coefficient (Wildman–Crippen LogP) is 2.38. The molecule has 0 aromatic rings. The second-order valence-electron chi connectivity index (χ2n) is 6.49. The van der Waals surface area contributed by atoms with Gasteiger partial charge in [-0.15, -0.1) is 0 Å². The minimum Gasteiger partial charge on any atom is -0.459 e. The Morgan fingerprint density at radius 1 is 1.19 bits per heavy atom. The third-order valence-corrected chi connectivity index (χ3v) is 4.01. The van der Waals surface area contributed by atoms with Crippen molar-refractivity contribution in [3.8, 4) is 0 Å². The summed E-state index contributed by atoms with van der Waals surface area (Å²) in [5, 5.41) is 0. The van der Waals surface area contributed by atoms with Crippen molar-refractivity contribution < 1.29 is 9.53 Å². The topological polar surface area (TPSA) is 52.3 Å². The van der Waals surface area contributed by atoms with Crippen molar-refractivity contribution in [1.82, 2.24) is 0 Å². The molecule has 1 spiro atoms. The highest BCUT2D eigenvalue weighted by molar-refractivity contribution is 5.86. The molecule has 0 radical (unpaired) electrons. The van der Waals surface area contributed by atoms with Crippen molar-refractivity contribution >= 4 is 5.97 Å². The van der Waals surface area contributed by atoms with Crippen LogP contribution in [0.15, 0.2) is 0 Å². The smallest absolute Gasteiger partial charge is 0.327 e. The number of hydrogen-bond donors (Lipinski definition) is 1. The molecule has 2 rings (SSSR count). The number of carbonyl (C=O) groups is 1. The van der Waals surface area contributed by atoms with Gasteiger partial charge < -0.3 is 10.5 Å². The summed E-state index contributed by atoms with van der Waals surface area (Å²) in [5.74, 6) is -0.193. The lowest BCUT2D eigenvalue weighted by Gasteiger charge is -2.28. The van der Waals surface area contributed by atoms with Gasteiger partial charge in [-0.2, -0.15) is 0 Å². The van der Waals surface area contributed by atoms with Gasteiger partial charge in [0.2, 0.25) is 0 Å². The van der Waals surface area contributed by atoms with Crippen LogP contribution in [0.25, 0.3) is 0 Å². The van der Waals surface area contributed by atoms with Crippen LogP contribution in [0, 0.1) is 5.41 Å². The Labute approximate surface area is 97.7 Å². The van der Waals surface area contributed by atoms with Gasteiger partial charge in [0.05, 0.1) is 0 Å². The molecule has 0 saturated heterocycles. The zero-order chi connectivity index (χ0) is 12.0. The van der Waals surface area contributed by atoms with Crippen LogP contribution in [-0.4, -0.2) is 17.1 Å². The van der Waals surface area contributed by atoms with Crippen LogP contribution in [0.5, 0.6) is 0 Å². The molecule has 1 unspecified atom stereocenters. The average molecular weight is 225 g/mol. The van der Waals surface area contributed by atoms with Crippen LogP contribution >= 0.6 is 0 Å². The lowest BCUT2D eigenvalue weighted by Crippen LogP contribution is -2.44. The summed E-state index contributed by atoms with van der Waals surface area (Å²) in [7, 11) is 0. The largest absolute Gasteiger partial charge is 0.459 e. The van der Waals surface area contributed by atoms with Gasteiger partial charge in [0.25, 0.3) is 0 Å². The van der Waals surface area contributed by atoms with Crippen LogP contribution in [0.3, 0.4) is 0 Å². The number of carbonyl (C=O) groups excluding carboxylic acids is 1. The molecule has 0 heterocycles. The summed E-state index contributed by atoms with van der Waals surface area (Å²) in [6.07, 6.45) is 6.73. The Hall–Kier alpha value is -0.570.